The molecule has 0 bridgehead atoms. The summed E-state index contributed by atoms with van der Waals surface area (Å²) < 4.78 is 22.7. The molecule has 96 valence electrons. The average molecular weight is 241 g/mol. The smallest absolute Gasteiger partial charge is 0.161 e. The molecule has 0 unspecified atom stereocenters. The van der Waals surface area contributed by atoms with E-state index in [1.54, 1.807) is 7.11 Å². The second-order valence-corrected chi connectivity index (χ2v) is 3.66. The molecule has 1 aromatic carbocycles. The van der Waals surface area contributed by atoms with Crippen LogP contribution in [-0.2, 0) is 6.54 Å². The lowest BCUT2D eigenvalue weighted by Gasteiger charge is -2.11. The van der Waals surface area contributed by atoms with E-state index in [1.165, 1.54) is 0 Å². The molecule has 0 aliphatic heterocycles. The van der Waals surface area contributed by atoms with Crippen molar-refractivity contribution in [3.8, 4) is 11.5 Å². The molecule has 17 heavy (non-hydrogen) atoms. The van der Waals surface area contributed by atoms with Gasteiger partial charge in [-0.15, -0.1) is 0 Å². The monoisotopic (exact) mass is 241 g/mol. The van der Waals surface area contributed by atoms with Gasteiger partial charge in [-0.1, -0.05) is 13.0 Å². The van der Waals surface area contributed by atoms with Gasteiger partial charge in [0.2, 0.25) is 0 Å². The summed E-state index contributed by atoms with van der Waals surface area (Å²) in [5.74, 6) is 1.36. The molecule has 1 aromatic rings. The van der Waals surface area contributed by atoms with Gasteiger partial charge in [0.05, 0.1) is 20.4 Å². The van der Waals surface area contributed by atoms with Gasteiger partial charge in [0, 0.05) is 13.0 Å². The third-order valence-electron chi connectivity index (χ3n) is 2.34. The first-order valence-electron chi connectivity index (χ1n) is 5.88. The Morgan fingerprint density at radius 2 is 2.12 bits per heavy atom. The molecule has 0 saturated carbocycles. The molecule has 3 nitrogen and oxygen atoms in total. The highest BCUT2D eigenvalue weighted by atomic mass is 19.1. The highest BCUT2D eigenvalue weighted by Gasteiger charge is 2.05. The number of nitrogens with one attached hydrogen (secondary N) is 1. The number of alkyl halides is 1. The Kier molecular flexibility index (Phi) is 6.40. The molecule has 0 fully saturated rings. The summed E-state index contributed by atoms with van der Waals surface area (Å²) in [7, 11) is 1.61. The summed E-state index contributed by atoms with van der Waals surface area (Å²) in [6.07, 6.45) is 0.405. The SMILES string of the molecule is CCNCc1ccc(OCCCF)c(OC)c1. The van der Waals surface area contributed by atoms with Gasteiger partial charge in [-0.2, -0.15) is 0 Å². The lowest BCUT2D eigenvalue weighted by atomic mass is 10.2. The number of ether oxygens (including phenoxy) is 2. The maximum absolute atomic E-state index is 12.0. The van der Waals surface area contributed by atoms with Crippen LogP contribution in [0.4, 0.5) is 4.39 Å². The first-order valence-corrected chi connectivity index (χ1v) is 5.88. The van der Waals surface area contributed by atoms with Crippen LogP contribution in [0.25, 0.3) is 0 Å². The Morgan fingerprint density at radius 1 is 1.29 bits per heavy atom. The number of benzene rings is 1. The Hall–Kier alpha value is -1.29. The Balaban J connectivity index is 2.64. The lowest BCUT2D eigenvalue weighted by molar-refractivity contribution is 0.273. The standard InChI is InChI=1S/C13H20FNO2/c1-3-15-10-11-5-6-12(13(9-11)16-2)17-8-4-7-14/h5-6,9,15H,3-4,7-8,10H2,1-2H3. The Bertz CT molecular complexity index is 331. The third-order valence-corrected chi connectivity index (χ3v) is 2.34. The Morgan fingerprint density at radius 3 is 2.76 bits per heavy atom. The molecule has 0 amide bonds. The Labute approximate surface area is 102 Å². The predicted molar refractivity (Wildman–Crippen MR) is 66.5 cm³/mol. The van der Waals surface area contributed by atoms with Gasteiger partial charge in [-0.25, -0.2) is 0 Å². The third kappa shape index (κ3) is 4.61. The zero-order chi connectivity index (χ0) is 12.5. The van der Waals surface area contributed by atoms with Gasteiger partial charge >= 0.3 is 0 Å². The molecular weight excluding hydrogens is 221 g/mol. The summed E-state index contributed by atoms with van der Waals surface area (Å²) >= 11 is 0. The first kappa shape index (κ1) is 13.8. The molecule has 0 spiro atoms. The van der Waals surface area contributed by atoms with Gasteiger partial charge in [-0.3, -0.25) is 4.39 Å². The van der Waals surface area contributed by atoms with Gasteiger partial charge in [-0.05, 0) is 24.2 Å². The summed E-state index contributed by atoms with van der Waals surface area (Å²) in [6, 6.07) is 5.78. The van der Waals surface area contributed by atoms with Crippen LogP contribution >= 0.6 is 0 Å². The second-order valence-electron chi connectivity index (χ2n) is 3.66. The molecule has 4 heteroatoms. The fourth-order valence-electron chi connectivity index (χ4n) is 1.45. The van der Waals surface area contributed by atoms with E-state index in [2.05, 4.69) is 12.2 Å². The minimum absolute atomic E-state index is 0.360. The molecule has 1 N–H and O–H groups in total. The fourth-order valence-corrected chi connectivity index (χ4v) is 1.45. The maximum Gasteiger partial charge on any atom is 0.161 e. The van der Waals surface area contributed by atoms with Crippen molar-refractivity contribution < 1.29 is 13.9 Å². The topological polar surface area (TPSA) is 30.5 Å². The summed E-state index contributed by atoms with van der Waals surface area (Å²) in [4.78, 5) is 0. The van der Waals surface area contributed by atoms with Crippen LogP contribution in [0.5, 0.6) is 11.5 Å². The molecule has 0 aliphatic rings. The van der Waals surface area contributed by atoms with Crippen molar-refractivity contribution in [3.05, 3.63) is 23.8 Å². The number of halogens is 1. The van der Waals surface area contributed by atoms with Crippen LogP contribution in [0, 0.1) is 0 Å². The average Bonchev–Trinajstić information content (AvgIpc) is 2.37. The van der Waals surface area contributed by atoms with E-state index < -0.39 is 0 Å². The number of rotatable bonds is 8. The first-order chi connectivity index (χ1) is 8.31. The van der Waals surface area contributed by atoms with Crippen molar-refractivity contribution >= 4 is 0 Å². The van der Waals surface area contributed by atoms with Crippen molar-refractivity contribution in [1.82, 2.24) is 5.32 Å². The summed E-state index contributed by atoms with van der Waals surface area (Å²) in [5.41, 5.74) is 1.14. The summed E-state index contributed by atoms with van der Waals surface area (Å²) in [6.45, 7) is 3.81. The number of hydrogen-bond donors (Lipinski definition) is 1. The largest absolute Gasteiger partial charge is 0.493 e. The van der Waals surface area contributed by atoms with Gasteiger partial charge in [0.15, 0.2) is 11.5 Å². The predicted octanol–water partition coefficient (Wildman–Crippen LogP) is 2.54. The van der Waals surface area contributed by atoms with Gasteiger partial charge in [0.25, 0.3) is 0 Å². The van der Waals surface area contributed by atoms with E-state index in [0.29, 0.717) is 24.5 Å². The zero-order valence-corrected chi connectivity index (χ0v) is 10.5. The minimum Gasteiger partial charge on any atom is -0.493 e. The number of methoxy groups -OCH3 is 1. The molecule has 1 rings (SSSR count). The summed E-state index contributed by atoms with van der Waals surface area (Å²) in [5, 5.41) is 3.24. The second kappa shape index (κ2) is 7.90. The quantitative estimate of drug-likeness (QED) is 0.709. The van der Waals surface area contributed by atoms with E-state index >= 15 is 0 Å². The van der Waals surface area contributed by atoms with Crippen LogP contribution in [0.2, 0.25) is 0 Å². The molecule has 0 radical (unpaired) electrons. The highest BCUT2D eigenvalue weighted by Crippen LogP contribution is 2.28. The van der Waals surface area contributed by atoms with Gasteiger partial charge < -0.3 is 14.8 Å². The normalized spacial score (nSPS) is 10.3. The number of hydrogen-bond acceptors (Lipinski definition) is 3. The van der Waals surface area contributed by atoms with E-state index in [0.717, 1.165) is 18.7 Å². The minimum atomic E-state index is -0.360. The zero-order valence-electron chi connectivity index (χ0n) is 10.5. The van der Waals surface area contributed by atoms with Crippen LogP contribution in [0.3, 0.4) is 0 Å². The van der Waals surface area contributed by atoms with E-state index in [-0.39, 0.29) is 6.67 Å². The van der Waals surface area contributed by atoms with Crippen LogP contribution < -0.4 is 14.8 Å². The van der Waals surface area contributed by atoms with Crippen molar-refractivity contribution in [2.45, 2.75) is 19.9 Å². The van der Waals surface area contributed by atoms with Crippen molar-refractivity contribution in [2.75, 3.05) is 26.9 Å². The van der Waals surface area contributed by atoms with E-state index in [4.69, 9.17) is 9.47 Å². The van der Waals surface area contributed by atoms with Crippen LogP contribution in [0.1, 0.15) is 18.9 Å². The maximum atomic E-state index is 12.0. The lowest BCUT2D eigenvalue weighted by Crippen LogP contribution is -2.11. The van der Waals surface area contributed by atoms with Crippen molar-refractivity contribution in [3.63, 3.8) is 0 Å². The molecule has 0 aliphatic carbocycles. The molecule has 0 heterocycles. The van der Waals surface area contributed by atoms with E-state index in [9.17, 15) is 4.39 Å². The van der Waals surface area contributed by atoms with Gasteiger partial charge in [0.1, 0.15) is 0 Å². The molecular formula is C13H20FNO2. The van der Waals surface area contributed by atoms with E-state index in [1.807, 2.05) is 18.2 Å². The van der Waals surface area contributed by atoms with Crippen molar-refractivity contribution in [1.29, 1.82) is 0 Å². The highest BCUT2D eigenvalue weighted by molar-refractivity contribution is 5.42. The molecule has 0 saturated heterocycles. The fraction of sp³-hybridized carbons (Fsp3) is 0.538. The van der Waals surface area contributed by atoms with Crippen molar-refractivity contribution in [2.24, 2.45) is 0 Å². The van der Waals surface area contributed by atoms with Crippen LogP contribution in [-0.4, -0.2) is 26.9 Å². The molecule has 0 aromatic heterocycles. The molecule has 0 atom stereocenters. The van der Waals surface area contributed by atoms with Crippen LogP contribution in [0.15, 0.2) is 18.2 Å².